The normalized spacial score (nSPS) is 19.5. The molecule has 2 heterocycles. The minimum Gasteiger partial charge on any atom is -0.443 e. The molecule has 1 amide bonds. The van der Waals surface area contributed by atoms with Crippen molar-refractivity contribution < 1.29 is 28.0 Å². The molecule has 0 saturated carbocycles. The fraction of sp³-hybridized carbons (Fsp3) is 0.647. The minimum absolute atomic E-state index is 0.0198. The first-order chi connectivity index (χ1) is 21.3. The highest BCUT2D eigenvalue weighted by Gasteiger charge is 2.47. The maximum Gasteiger partial charge on any atom is 0.416 e. The number of aromatic nitrogens is 1. The number of para-hydroxylation sites is 1. The van der Waals surface area contributed by atoms with Crippen LogP contribution in [0.15, 0.2) is 41.2 Å². The van der Waals surface area contributed by atoms with Crippen LogP contribution >= 0.6 is 0 Å². The number of carbonyl (C=O) groups is 1. The summed E-state index contributed by atoms with van der Waals surface area (Å²) in [5.74, 6) is 0.149. The SMILES string of the molecule is CC(C)(C)OC(=O)N(Cc1ccccc1[N+](=O)[O-])c1ccc([C@H]2C[C@@H](O[Si](C)(C)C(C)(C)C)[C@@H](CO[Si](C)(C)C(C)(C)C)O2)c(=O)[nH]1. The molecule has 47 heavy (non-hydrogen) atoms. The number of carbonyl (C=O) groups excluding carboxylic acids is 1. The molecule has 1 saturated heterocycles. The Morgan fingerprint density at radius 2 is 1.57 bits per heavy atom. The molecule has 1 aromatic carbocycles. The lowest BCUT2D eigenvalue weighted by atomic mass is 10.1. The monoisotopic (exact) mass is 689 g/mol. The largest absolute Gasteiger partial charge is 0.443 e. The zero-order valence-electron chi connectivity index (χ0n) is 30.5. The molecule has 1 aliphatic rings. The van der Waals surface area contributed by atoms with Gasteiger partial charge in [0.2, 0.25) is 0 Å². The van der Waals surface area contributed by atoms with Crippen molar-refractivity contribution in [1.82, 2.24) is 4.98 Å². The Labute approximate surface area is 281 Å². The Balaban J connectivity index is 1.97. The van der Waals surface area contributed by atoms with Gasteiger partial charge in [-0.3, -0.25) is 19.8 Å². The van der Waals surface area contributed by atoms with Crippen molar-refractivity contribution in [2.75, 3.05) is 11.5 Å². The van der Waals surface area contributed by atoms with E-state index in [4.69, 9.17) is 18.3 Å². The second-order valence-corrected chi connectivity index (χ2v) is 26.0. The van der Waals surface area contributed by atoms with E-state index in [1.807, 2.05) is 0 Å². The summed E-state index contributed by atoms with van der Waals surface area (Å²) in [6.45, 7) is 27.3. The molecule has 262 valence electrons. The lowest BCUT2D eigenvalue weighted by molar-refractivity contribution is -0.385. The van der Waals surface area contributed by atoms with Gasteiger partial charge in [-0.2, -0.15) is 0 Å². The van der Waals surface area contributed by atoms with Gasteiger partial charge in [0, 0.05) is 23.6 Å². The van der Waals surface area contributed by atoms with Crippen LogP contribution in [0.3, 0.4) is 0 Å². The third-order valence-electron chi connectivity index (χ3n) is 9.56. The Morgan fingerprint density at radius 1 is 0.979 bits per heavy atom. The molecule has 1 aromatic heterocycles. The molecule has 11 nitrogen and oxygen atoms in total. The fourth-order valence-electron chi connectivity index (χ4n) is 4.69. The summed E-state index contributed by atoms with van der Waals surface area (Å²) in [4.78, 5) is 42.3. The highest BCUT2D eigenvalue weighted by Crippen LogP contribution is 2.43. The van der Waals surface area contributed by atoms with Gasteiger partial charge < -0.3 is 23.3 Å². The molecule has 2 aromatic rings. The summed E-state index contributed by atoms with van der Waals surface area (Å²) < 4.78 is 25.6. The van der Waals surface area contributed by atoms with E-state index in [0.717, 1.165) is 0 Å². The summed E-state index contributed by atoms with van der Waals surface area (Å²) in [5.41, 5.74) is -0.708. The van der Waals surface area contributed by atoms with Gasteiger partial charge in [0.15, 0.2) is 16.6 Å². The molecule has 3 rings (SSSR count). The van der Waals surface area contributed by atoms with Gasteiger partial charge in [-0.25, -0.2) is 4.79 Å². The molecule has 1 aliphatic heterocycles. The average Bonchev–Trinajstić information content (AvgIpc) is 3.29. The molecule has 1 N–H and O–H groups in total. The van der Waals surface area contributed by atoms with Crippen molar-refractivity contribution in [3.05, 3.63) is 68.0 Å². The van der Waals surface area contributed by atoms with Gasteiger partial charge in [-0.1, -0.05) is 59.7 Å². The summed E-state index contributed by atoms with van der Waals surface area (Å²) in [5, 5.41) is 11.7. The van der Waals surface area contributed by atoms with Crippen molar-refractivity contribution in [2.45, 2.75) is 135 Å². The predicted molar refractivity (Wildman–Crippen MR) is 190 cm³/mol. The van der Waals surface area contributed by atoms with E-state index in [-0.39, 0.29) is 40.3 Å². The number of hydrogen-bond donors (Lipinski definition) is 1. The summed E-state index contributed by atoms with van der Waals surface area (Å²) in [7, 11) is -4.27. The molecule has 0 aliphatic carbocycles. The smallest absolute Gasteiger partial charge is 0.416 e. The van der Waals surface area contributed by atoms with Crippen LogP contribution in [0.2, 0.25) is 36.3 Å². The first-order valence-corrected chi connectivity index (χ1v) is 22.1. The Morgan fingerprint density at radius 3 is 2.11 bits per heavy atom. The van der Waals surface area contributed by atoms with Crippen molar-refractivity contribution >= 4 is 34.2 Å². The van der Waals surface area contributed by atoms with Gasteiger partial charge >= 0.3 is 6.09 Å². The first-order valence-electron chi connectivity index (χ1n) is 16.3. The highest BCUT2D eigenvalue weighted by molar-refractivity contribution is 6.74. The van der Waals surface area contributed by atoms with E-state index in [0.29, 0.717) is 24.2 Å². The second kappa shape index (κ2) is 13.9. The number of nitrogens with zero attached hydrogens (tertiary/aromatic N) is 2. The number of ether oxygens (including phenoxy) is 2. The van der Waals surface area contributed by atoms with Crippen LogP contribution < -0.4 is 10.5 Å². The standard InChI is InChI=1S/C34H55N3O8Si2/c1-32(2,3)44-31(39)36(21-23-16-14-15-17-25(23)37(40)41)29-19-18-24(30(38)35-29)26-20-27(45-47(12,13)34(7,8)9)28(43-26)22-42-46(10,11)33(4,5)6/h14-19,26-28H,20-22H2,1-13H3,(H,35,38)/t26-,27-,28-/m1/s1. The van der Waals surface area contributed by atoms with Crippen LogP contribution in [0.4, 0.5) is 16.3 Å². The number of amides is 1. The topological polar surface area (TPSA) is 133 Å². The second-order valence-electron chi connectivity index (χ2n) is 16.5. The Bertz CT molecular complexity index is 1490. The number of H-pyrrole nitrogens is 1. The van der Waals surface area contributed by atoms with Crippen LogP contribution in [0.25, 0.3) is 0 Å². The number of hydrogen-bond acceptors (Lipinski definition) is 8. The molecule has 0 spiro atoms. The number of aromatic amines is 1. The molecule has 1 fully saturated rings. The van der Waals surface area contributed by atoms with Gasteiger partial charge in [0.1, 0.15) is 17.5 Å². The van der Waals surface area contributed by atoms with Crippen LogP contribution in [0.5, 0.6) is 0 Å². The molecule has 0 unspecified atom stereocenters. The quantitative estimate of drug-likeness (QED) is 0.149. The molecular formula is C34H55N3O8Si2. The van der Waals surface area contributed by atoms with E-state index in [1.54, 1.807) is 51.1 Å². The minimum atomic E-state index is -2.19. The van der Waals surface area contributed by atoms with Crippen LogP contribution in [-0.4, -0.2) is 57.1 Å². The number of nitrogens with one attached hydrogen (secondary N) is 1. The van der Waals surface area contributed by atoms with Crippen molar-refractivity contribution in [3.63, 3.8) is 0 Å². The Hall–Kier alpha value is -2.85. The number of anilines is 1. The van der Waals surface area contributed by atoms with Gasteiger partial charge in [-0.15, -0.1) is 0 Å². The summed E-state index contributed by atoms with van der Waals surface area (Å²) in [6.07, 6.45) is -1.45. The first kappa shape index (κ1) is 38.6. The van der Waals surface area contributed by atoms with E-state index in [1.165, 1.54) is 11.0 Å². The van der Waals surface area contributed by atoms with E-state index < -0.39 is 44.9 Å². The van der Waals surface area contributed by atoms with E-state index in [2.05, 4.69) is 72.7 Å². The fourth-order valence-corrected chi connectivity index (χ4v) is 7.07. The maximum atomic E-state index is 13.7. The third-order valence-corrected chi connectivity index (χ3v) is 18.6. The van der Waals surface area contributed by atoms with Crippen molar-refractivity contribution in [3.8, 4) is 0 Å². The molecule has 3 atom stereocenters. The van der Waals surface area contributed by atoms with Gasteiger partial charge in [-0.05, 0) is 69.2 Å². The lowest BCUT2D eigenvalue weighted by Crippen LogP contribution is -2.48. The van der Waals surface area contributed by atoms with Crippen LogP contribution in [-0.2, 0) is 24.9 Å². The predicted octanol–water partition coefficient (Wildman–Crippen LogP) is 8.47. The van der Waals surface area contributed by atoms with Gasteiger partial charge in [0.05, 0.1) is 30.3 Å². The molecule has 13 heteroatoms. The Kier molecular flexibility index (Phi) is 11.5. The molecule has 0 bridgehead atoms. The van der Waals surface area contributed by atoms with Crippen LogP contribution in [0, 0.1) is 10.1 Å². The van der Waals surface area contributed by atoms with Crippen molar-refractivity contribution in [1.29, 1.82) is 0 Å². The number of rotatable bonds is 10. The van der Waals surface area contributed by atoms with E-state index in [9.17, 15) is 19.7 Å². The summed E-state index contributed by atoms with van der Waals surface area (Å²) in [6, 6.07) is 9.43. The molecule has 0 radical (unpaired) electrons. The number of nitro benzene ring substituents is 1. The zero-order valence-corrected chi connectivity index (χ0v) is 32.5. The number of pyridine rings is 1. The van der Waals surface area contributed by atoms with E-state index >= 15 is 0 Å². The third kappa shape index (κ3) is 9.62. The van der Waals surface area contributed by atoms with Crippen LogP contribution in [0.1, 0.15) is 86.0 Å². The zero-order chi connectivity index (χ0) is 35.8. The number of benzene rings is 1. The van der Waals surface area contributed by atoms with Crippen molar-refractivity contribution in [2.24, 2.45) is 0 Å². The maximum absolute atomic E-state index is 13.7. The lowest BCUT2D eigenvalue weighted by Gasteiger charge is -2.40. The summed E-state index contributed by atoms with van der Waals surface area (Å²) >= 11 is 0. The molecular weight excluding hydrogens is 635 g/mol. The highest BCUT2D eigenvalue weighted by atomic mass is 28.4. The average molecular weight is 690 g/mol. The van der Waals surface area contributed by atoms with Gasteiger partial charge in [0.25, 0.3) is 11.2 Å². The number of nitro groups is 1.